The highest BCUT2D eigenvalue weighted by Gasteiger charge is 2.19. The Balaban J connectivity index is 0.00000272. The van der Waals surface area contributed by atoms with Crippen LogP contribution in [0.2, 0.25) is 0 Å². The van der Waals surface area contributed by atoms with Crippen LogP contribution < -0.4 is 5.32 Å². The molecule has 4 nitrogen and oxygen atoms in total. The fraction of sp³-hybridized carbons (Fsp3) is 0.458. The lowest BCUT2D eigenvalue weighted by Crippen LogP contribution is -2.47. The van der Waals surface area contributed by atoms with Crippen LogP contribution >= 0.6 is 11.3 Å². The summed E-state index contributed by atoms with van der Waals surface area (Å²) in [5.41, 5.74) is 2.60. The number of hydrogen-bond donors (Lipinski definition) is 1. The van der Waals surface area contributed by atoms with Gasteiger partial charge in [-0.2, -0.15) is 11.3 Å². The van der Waals surface area contributed by atoms with Gasteiger partial charge in [0.15, 0.2) is 0 Å². The van der Waals surface area contributed by atoms with Crippen LogP contribution in [0.5, 0.6) is 0 Å². The number of nitrogens with one attached hydrogen (secondary N) is 1. The van der Waals surface area contributed by atoms with Gasteiger partial charge in [-0.05, 0) is 61.3 Å². The van der Waals surface area contributed by atoms with Crippen molar-refractivity contribution in [2.45, 2.75) is 39.2 Å². The predicted octanol–water partition coefficient (Wildman–Crippen LogP) is 5.32. The summed E-state index contributed by atoms with van der Waals surface area (Å²) in [7, 11) is 4.16. The van der Waals surface area contributed by atoms with E-state index < -0.39 is 0 Å². The van der Waals surface area contributed by atoms with E-state index >= 15 is 0 Å². The summed E-state index contributed by atoms with van der Waals surface area (Å²) in [4.78, 5) is 16.7. The molecular weight excluding hydrogens is 378 g/mol. The van der Waals surface area contributed by atoms with Gasteiger partial charge < -0.3 is 15.1 Å². The first-order chi connectivity index (χ1) is 14.1. The van der Waals surface area contributed by atoms with Crippen LogP contribution in [0.3, 0.4) is 0 Å². The Labute approximate surface area is 182 Å². The minimum atomic E-state index is -0.0170. The Morgan fingerprint density at radius 3 is 2.48 bits per heavy atom. The molecule has 162 valence electrons. The number of carbonyl (C=O) groups is 1. The molecule has 0 bridgehead atoms. The number of aryl methyl sites for hydroxylation is 1. The van der Waals surface area contributed by atoms with Gasteiger partial charge in [-0.25, -0.2) is 4.79 Å². The standard InChI is InChI=1S/C22H31N3OS.C2H6.H2/c1-4-15-25(22(26)23-14-12-20-13-16-27-18-20)17-21(24(2)3)11-10-19-8-6-5-7-9-19;1-2;/h4-9,13,16,18,21H,1,10-12,14-15,17H2,2-3H3,(H,23,26);1-2H3;1H. The smallest absolute Gasteiger partial charge is 0.317 e. The normalized spacial score (nSPS) is 11.3. The SMILES string of the molecule is C=CCN(CC(CCc1ccccc1)N(C)C)C(=O)NCCc1ccsc1.CC.[HH]. The third-order valence-corrected chi connectivity index (χ3v) is 5.41. The van der Waals surface area contributed by atoms with E-state index in [1.807, 2.05) is 24.8 Å². The van der Waals surface area contributed by atoms with Crippen molar-refractivity contribution in [2.75, 3.05) is 33.7 Å². The van der Waals surface area contributed by atoms with Crippen LogP contribution in [-0.2, 0) is 12.8 Å². The summed E-state index contributed by atoms with van der Waals surface area (Å²) in [6.45, 7) is 9.71. The number of carbonyl (C=O) groups excluding carboxylic acids is 1. The van der Waals surface area contributed by atoms with Crippen molar-refractivity contribution < 1.29 is 6.22 Å². The minimum absolute atomic E-state index is 0. The van der Waals surface area contributed by atoms with E-state index in [0.717, 1.165) is 19.3 Å². The number of thiophene rings is 1. The zero-order valence-electron chi connectivity index (χ0n) is 18.4. The molecule has 1 aromatic carbocycles. The van der Waals surface area contributed by atoms with Gasteiger partial charge in [-0.15, -0.1) is 6.58 Å². The molecule has 2 rings (SSSR count). The predicted molar refractivity (Wildman–Crippen MR) is 129 cm³/mol. The molecule has 1 aromatic heterocycles. The molecule has 0 aliphatic carbocycles. The topological polar surface area (TPSA) is 35.6 Å². The number of urea groups is 1. The summed E-state index contributed by atoms with van der Waals surface area (Å²) >= 11 is 1.69. The zero-order valence-corrected chi connectivity index (χ0v) is 19.3. The molecule has 0 saturated carbocycles. The molecule has 0 saturated heterocycles. The fourth-order valence-electron chi connectivity index (χ4n) is 3.00. The Morgan fingerprint density at radius 1 is 1.17 bits per heavy atom. The molecule has 0 fully saturated rings. The van der Waals surface area contributed by atoms with Gasteiger partial charge in [0.2, 0.25) is 0 Å². The zero-order chi connectivity index (χ0) is 21.5. The minimum Gasteiger partial charge on any atom is -0.338 e. The lowest BCUT2D eigenvalue weighted by molar-refractivity contribution is 0.174. The second-order valence-electron chi connectivity index (χ2n) is 6.95. The highest BCUT2D eigenvalue weighted by molar-refractivity contribution is 7.07. The largest absolute Gasteiger partial charge is 0.338 e. The van der Waals surface area contributed by atoms with Crippen LogP contribution in [0, 0.1) is 0 Å². The highest BCUT2D eigenvalue weighted by atomic mass is 32.1. The van der Waals surface area contributed by atoms with Gasteiger partial charge in [-0.3, -0.25) is 0 Å². The van der Waals surface area contributed by atoms with E-state index in [2.05, 4.69) is 72.0 Å². The van der Waals surface area contributed by atoms with Crippen molar-refractivity contribution in [1.82, 2.24) is 15.1 Å². The van der Waals surface area contributed by atoms with E-state index in [-0.39, 0.29) is 7.46 Å². The Bertz CT molecular complexity index is 677. The van der Waals surface area contributed by atoms with Crippen molar-refractivity contribution in [1.29, 1.82) is 0 Å². The van der Waals surface area contributed by atoms with Gasteiger partial charge in [0.05, 0.1) is 0 Å². The lowest BCUT2D eigenvalue weighted by atomic mass is 10.0. The summed E-state index contributed by atoms with van der Waals surface area (Å²) < 4.78 is 0. The molecule has 5 heteroatoms. The average molecular weight is 418 g/mol. The number of hydrogen-bond acceptors (Lipinski definition) is 3. The Kier molecular flexibility index (Phi) is 12.7. The van der Waals surface area contributed by atoms with E-state index in [4.69, 9.17) is 0 Å². The lowest BCUT2D eigenvalue weighted by Gasteiger charge is -2.31. The number of nitrogens with zero attached hydrogens (tertiary/aromatic N) is 2. The van der Waals surface area contributed by atoms with Crippen LogP contribution in [0.15, 0.2) is 59.8 Å². The molecule has 2 aromatic rings. The molecular formula is C24H39N3OS. The molecule has 0 spiro atoms. The van der Waals surface area contributed by atoms with Crippen molar-refractivity contribution in [3.63, 3.8) is 0 Å². The van der Waals surface area contributed by atoms with E-state index in [1.165, 1.54) is 11.1 Å². The highest BCUT2D eigenvalue weighted by Crippen LogP contribution is 2.10. The monoisotopic (exact) mass is 417 g/mol. The van der Waals surface area contributed by atoms with Crippen LogP contribution in [-0.4, -0.2) is 55.6 Å². The molecule has 1 heterocycles. The molecule has 29 heavy (non-hydrogen) atoms. The quantitative estimate of drug-likeness (QED) is 0.502. The Morgan fingerprint density at radius 2 is 1.90 bits per heavy atom. The number of amides is 2. The molecule has 0 radical (unpaired) electrons. The van der Waals surface area contributed by atoms with Gasteiger partial charge in [0, 0.05) is 27.1 Å². The number of benzene rings is 1. The average Bonchev–Trinajstić information content (AvgIpc) is 3.25. The van der Waals surface area contributed by atoms with Gasteiger partial charge in [0.1, 0.15) is 0 Å². The molecule has 1 atom stereocenters. The molecule has 0 aliphatic rings. The maximum Gasteiger partial charge on any atom is 0.317 e. The van der Waals surface area contributed by atoms with Gasteiger partial charge in [-0.1, -0.05) is 50.3 Å². The third kappa shape index (κ3) is 9.77. The van der Waals surface area contributed by atoms with Crippen molar-refractivity contribution in [3.05, 3.63) is 70.9 Å². The second kappa shape index (κ2) is 14.8. The van der Waals surface area contributed by atoms with Crippen LogP contribution in [0.4, 0.5) is 4.79 Å². The maximum atomic E-state index is 12.6. The summed E-state index contributed by atoms with van der Waals surface area (Å²) in [5, 5.41) is 7.24. The first kappa shape index (κ1) is 24.9. The maximum absolute atomic E-state index is 12.6. The number of rotatable bonds is 11. The van der Waals surface area contributed by atoms with Gasteiger partial charge in [0.25, 0.3) is 0 Å². The molecule has 1 N–H and O–H groups in total. The van der Waals surface area contributed by atoms with E-state index in [9.17, 15) is 4.79 Å². The van der Waals surface area contributed by atoms with E-state index in [0.29, 0.717) is 25.7 Å². The Hall–Kier alpha value is -2.11. The van der Waals surface area contributed by atoms with Crippen LogP contribution in [0.1, 0.15) is 32.8 Å². The van der Waals surface area contributed by atoms with Gasteiger partial charge >= 0.3 is 6.03 Å². The van der Waals surface area contributed by atoms with Crippen molar-refractivity contribution >= 4 is 17.4 Å². The fourth-order valence-corrected chi connectivity index (χ4v) is 3.70. The number of likely N-dealkylation sites (N-methyl/N-ethyl adjacent to an activating group) is 1. The van der Waals surface area contributed by atoms with E-state index in [1.54, 1.807) is 17.4 Å². The van der Waals surface area contributed by atoms with Crippen molar-refractivity contribution in [3.8, 4) is 0 Å². The first-order valence-corrected chi connectivity index (χ1v) is 11.4. The van der Waals surface area contributed by atoms with Crippen LogP contribution in [0.25, 0.3) is 0 Å². The molecule has 1 unspecified atom stereocenters. The first-order valence-electron chi connectivity index (χ1n) is 10.4. The second-order valence-corrected chi connectivity index (χ2v) is 7.73. The summed E-state index contributed by atoms with van der Waals surface area (Å²) in [6, 6.07) is 12.9. The molecule has 0 aliphatic heterocycles. The summed E-state index contributed by atoms with van der Waals surface area (Å²) in [5.74, 6) is 0. The molecule has 2 amide bonds. The third-order valence-electron chi connectivity index (χ3n) is 4.68. The van der Waals surface area contributed by atoms with Crippen molar-refractivity contribution in [2.24, 2.45) is 0 Å². The summed E-state index contributed by atoms with van der Waals surface area (Å²) in [6.07, 6.45) is 4.67.